The average molecular weight is 484 g/mol. The molecule has 3 heterocycles. The maximum absolute atomic E-state index is 15.8. The molecule has 1 aromatic carbocycles. The fourth-order valence-electron chi connectivity index (χ4n) is 2.67. The molecule has 0 amide bonds. The second-order valence-electron chi connectivity index (χ2n) is 6.19. The van der Waals surface area contributed by atoms with Crippen molar-refractivity contribution in [2.24, 2.45) is 0 Å². The number of rotatable bonds is 4. The lowest BCUT2D eigenvalue weighted by molar-refractivity contribution is -0.205. The normalized spacial score (nSPS) is 37.5. The second kappa shape index (κ2) is 7.81. The van der Waals surface area contributed by atoms with E-state index in [2.05, 4.69) is 4.98 Å². The van der Waals surface area contributed by atoms with Crippen LogP contribution >= 0.6 is 31.6 Å². The van der Waals surface area contributed by atoms with E-state index in [1.807, 2.05) is 0 Å². The number of aliphatic hydroxyl groups excluding tert-OH is 2. The van der Waals surface area contributed by atoms with Crippen molar-refractivity contribution in [2.75, 3.05) is 6.56 Å². The highest BCUT2D eigenvalue weighted by Gasteiger charge is 2.57. The van der Waals surface area contributed by atoms with E-state index in [1.54, 1.807) is 12.1 Å². The Morgan fingerprint density at radius 1 is 1.53 bits per heavy atom. The van der Waals surface area contributed by atoms with Crippen molar-refractivity contribution < 1.29 is 41.6 Å². The number of aromatic amines is 1. The Hall–Kier alpha value is -1.63. The van der Waals surface area contributed by atoms with Crippen molar-refractivity contribution in [1.29, 1.82) is 0 Å². The number of para-hydroxylation sites is 1. The predicted molar refractivity (Wildman–Crippen MR) is 102 cm³/mol. The minimum Gasteiger partial charge on any atom is -0.404 e. The van der Waals surface area contributed by atoms with Gasteiger partial charge in [0.05, 0.1) is 10.7 Å². The summed E-state index contributed by atoms with van der Waals surface area (Å²) in [6, 6.07) is 6.16. The highest BCUT2D eigenvalue weighted by molar-refractivity contribution is 7.71. The summed E-state index contributed by atoms with van der Waals surface area (Å²) in [5.41, 5.74) is -0.394. The molecule has 2 aromatic rings. The zero-order valence-electron chi connectivity index (χ0n) is 17.7. The van der Waals surface area contributed by atoms with Crippen LogP contribution in [0.1, 0.15) is 15.9 Å². The number of H-pyrrole nitrogens is 1. The molecule has 1 aromatic heterocycles. The molecular weight excluding hydrogens is 466 g/mol. The molecular formula is C16H15ClFN2O8PS. The fourth-order valence-corrected chi connectivity index (χ4v) is 4.14. The first kappa shape index (κ1) is 18.0. The van der Waals surface area contributed by atoms with Crippen LogP contribution in [0.25, 0.3) is 0 Å². The van der Waals surface area contributed by atoms with Crippen LogP contribution in [0.3, 0.4) is 0 Å². The first-order valence-corrected chi connectivity index (χ1v) is 10.5. The van der Waals surface area contributed by atoms with E-state index >= 15 is 4.39 Å². The van der Waals surface area contributed by atoms with Crippen LogP contribution in [0.4, 0.5) is 4.39 Å². The molecule has 2 aliphatic heterocycles. The highest BCUT2D eigenvalue weighted by atomic mass is 35.5. The number of hydrogen-bond acceptors (Lipinski definition) is 9. The monoisotopic (exact) mass is 483 g/mol. The predicted octanol–water partition coefficient (Wildman–Crippen LogP) is 2.21. The zero-order chi connectivity index (χ0) is 24.4. The first-order chi connectivity index (χ1) is 15.2. The van der Waals surface area contributed by atoms with Gasteiger partial charge in [0.25, 0.3) is 11.4 Å². The Balaban J connectivity index is 1.68. The maximum Gasteiger partial charge on any atom is 0.530 e. The van der Waals surface area contributed by atoms with Crippen molar-refractivity contribution in [1.82, 2.24) is 9.55 Å². The average Bonchev–Trinajstić information content (AvgIpc) is 2.91. The van der Waals surface area contributed by atoms with E-state index < -0.39 is 54.0 Å². The van der Waals surface area contributed by atoms with Crippen LogP contribution < -0.4 is 10.1 Å². The molecule has 14 heteroatoms. The summed E-state index contributed by atoms with van der Waals surface area (Å²) in [5, 5.41) is 20.2. The minimum absolute atomic E-state index is 0.0349. The van der Waals surface area contributed by atoms with Crippen LogP contribution in [0.2, 0.25) is 5.02 Å². The van der Waals surface area contributed by atoms with Gasteiger partial charge in [-0.05, 0) is 18.3 Å². The lowest BCUT2D eigenvalue weighted by Gasteiger charge is -2.28. The van der Waals surface area contributed by atoms with Gasteiger partial charge >= 0.3 is 7.82 Å². The third kappa shape index (κ3) is 3.85. The number of fused-ring (bicyclic) bond motifs is 1. The number of nitrogens with zero attached hydrogens (tertiary/aromatic N) is 1. The molecule has 2 aliphatic rings. The molecule has 30 heavy (non-hydrogen) atoms. The Kier molecular flexibility index (Phi) is 4.68. The summed E-state index contributed by atoms with van der Waals surface area (Å²) in [5.74, 6) is -3.96. The van der Waals surface area contributed by atoms with Crippen molar-refractivity contribution in [3.8, 4) is 5.75 Å². The van der Waals surface area contributed by atoms with Gasteiger partial charge in [-0.2, -0.15) is 0 Å². The van der Waals surface area contributed by atoms with Crippen molar-refractivity contribution in [2.45, 2.75) is 30.9 Å². The number of halogens is 2. The number of aromatic nitrogens is 2. The number of benzene rings is 1. The smallest absolute Gasteiger partial charge is 0.404 e. The third-order valence-corrected chi connectivity index (χ3v) is 5.93. The number of nitrogens with one attached hydrogen (secondary N) is 1. The van der Waals surface area contributed by atoms with Gasteiger partial charge in [0.1, 0.15) is 29.5 Å². The molecule has 1 fully saturated rings. The summed E-state index contributed by atoms with van der Waals surface area (Å²) in [4.78, 5) is 13.7. The highest BCUT2D eigenvalue weighted by Crippen LogP contribution is 2.55. The van der Waals surface area contributed by atoms with E-state index in [0.29, 0.717) is 10.1 Å². The van der Waals surface area contributed by atoms with E-state index in [9.17, 15) is 19.6 Å². The molecule has 1 unspecified atom stereocenters. The molecule has 5 atom stereocenters. The molecule has 3 N–H and O–H groups in total. The quantitative estimate of drug-likeness (QED) is 0.442. The standard InChI is InChI=1S/C16H15ClFN2O8PS/c17-9-5-20(15(30)19-13(9)23)14-11(21)12(22)16(18,27-14)7-26-29(24)25-6-8-3-1-2-4-10(8)28-29/h1-5,11-12,14,21-22H,6-7H2,(H,19,23,30)/t11-,12+,14-,16-,29?/m1/s1/i7D2,14D. The van der Waals surface area contributed by atoms with Gasteiger partial charge in [-0.15, -0.1) is 0 Å². The van der Waals surface area contributed by atoms with E-state index in [4.69, 9.17) is 46.2 Å². The van der Waals surface area contributed by atoms with Crippen molar-refractivity contribution in [3.05, 3.63) is 56.2 Å². The number of alkyl halides is 1. The summed E-state index contributed by atoms with van der Waals surface area (Å²) >= 11 is 10.6. The molecule has 0 aliphatic carbocycles. The first-order valence-electron chi connectivity index (χ1n) is 9.72. The fraction of sp³-hybridized carbons (Fsp3) is 0.375. The number of phosphoric acid groups is 1. The second-order valence-corrected chi connectivity index (χ2v) is 8.51. The molecule has 1 saturated heterocycles. The van der Waals surface area contributed by atoms with Crippen LogP contribution in [-0.4, -0.2) is 44.4 Å². The number of ether oxygens (including phenoxy) is 1. The van der Waals surface area contributed by atoms with Gasteiger partial charge in [-0.3, -0.25) is 23.4 Å². The molecule has 0 bridgehead atoms. The Morgan fingerprint density at radius 2 is 2.27 bits per heavy atom. The van der Waals surface area contributed by atoms with Gasteiger partial charge in [-0.1, -0.05) is 29.8 Å². The van der Waals surface area contributed by atoms with Gasteiger partial charge in [0, 0.05) is 11.8 Å². The lowest BCUT2D eigenvalue weighted by Crippen LogP contribution is -2.43. The molecule has 4 rings (SSSR count). The Morgan fingerprint density at radius 3 is 3.03 bits per heavy atom. The third-order valence-electron chi connectivity index (χ3n) is 4.18. The summed E-state index contributed by atoms with van der Waals surface area (Å²) in [6.07, 6.45) is -7.53. The SMILES string of the molecule is [2H]C([2H])(OP1(=O)OCc2ccccc2O1)[C@@]1(F)O[C@@]([2H])(n2cc(Cl)c(=O)[nH]c2=S)[C@H](O)[C@@H]1O. The maximum atomic E-state index is 15.8. The van der Waals surface area contributed by atoms with Gasteiger partial charge in [-0.25, -0.2) is 8.96 Å². The number of aliphatic hydroxyl groups is 2. The van der Waals surface area contributed by atoms with Gasteiger partial charge < -0.3 is 19.5 Å². The Bertz CT molecular complexity index is 1280. The van der Waals surface area contributed by atoms with E-state index in [-0.39, 0.29) is 12.4 Å². The zero-order valence-corrected chi connectivity index (χ0v) is 17.1. The minimum atomic E-state index is -4.79. The van der Waals surface area contributed by atoms with Crippen LogP contribution in [0.5, 0.6) is 5.75 Å². The summed E-state index contributed by atoms with van der Waals surface area (Å²) in [6.45, 7) is -4.12. The summed E-state index contributed by atoms with van der Waals surface area (Å²) < 4.78 is 72.5. The molecule has 10 nitrogen and oxygen atoms in total. The molecule has 0 radical (unpaired) electrons. The van der Waals surface area contributed by atoms with E-state index in [1.165, 1.54) is 12.1 Å². The number of hydrogen-bond donors (Lipinski definition) is 3. The van der Waals surface area contributed by atoms with Crippen molar-refractivity contribution >= 4 is 31.6 Å². The Labute approximate surface area is 182 Å². The van der Waals surface area contributed by atoms with E-state index in [0.717, 1.165) is 6.20 Å². The van der Waals surface area contributed by atoms with Gasteiger partial charge in [0.2, 0.25) is 0 Å². The molecule has 162 valence electrons. The molecule has 0 saturated carbocycles. The topological polar surface area (TPSA) is 132 Å². The molecule has 0 spiro atoms. The van der Waals surface area contributed by atoms with Crippen LogP contribution in [-0.2, 0) is 25.0 Å². The van der Waals surface area contributed by atoms with Crippen LogP contribution in [0, 0.1) is 4.77 Å². The van der Waals surface area contributed by atoms with Crippen LogP contribution in [0.15, 0.2) is 35.3 Å². The summed E-state index contributed by atoms with van der Waals surface area (Å²) in [7, 11) is -4.79. The number of phosphoric ester groups is 1. The van der Waals surface area contributed by atoms with Gasteiger partial charge in [0.15, 0.2) is 11.0 Å². The largest absolute Gasteiger partial charge is 0.530 e. The lowest BCUT2D eigenvalue weighted by atomic mass is 10.1. The van der Waals surface area contributed by atoms with Crippen molar-refractivity contribution in [3.63, 3.8) is 0 Å².